The molecule has 0 saturated carbocycles. The van der Waals surface area contributed by atoms with Gasteiger partial charge in [0.05, 0.1) is 0 Å². The van der Waals surface area contributed by atoms with E-state index in [1.54, 1.807) is 6.07 Å². The van der Waals surface area contributed by atoms with E-state index < -0.39 is 5.66 Å². The minimum absolute atomic E-state index is 0.0619. The fourth-order valence-corrected chi connectivity index (χ4v) is 1.18. The largest absolute Gasteiger partial charge is 0.283 e. The fraction of sp³-hybridized carbons (Fsp3) is 0.333. The molecular formula is C9H11F2P. The predicted octanol–water partition coefficient (Wildman–Crippen LogP) is 3.17. The van der Waals surface area contributed by atoms with E-state index in [2.05, 4.69) is 0 Å². The first kappa shape index (κ1) is 9.60. The van der Waals surface area contributed by atoms with Gasteiger partial charge in [0.2, 0.25) is 0 Å². The number of hydrogen-bond donors (Lipinski definition) is 0. The number of halogens is 2. The van der Waals surface area contributed by atoms with Crippen molar-refractivity contribution in [1.29, 1.82) is 0 Å². The Morgan fingerprint density at radius 3 is 2.58 bits per heavy atom. The van der Waals surface area contributed by atoms with Gasteiger partial charge in [0.15, 0.2) is 0 Å². The highest BCUT2D eigenvalue weighted by Gasteiger charge is 2.23. The molecule has 1 unspecified atom stereocenters. The van der Waals surface area contributed by atoms with E-state index in [1.807, 2.05) is 13.0 Å². The van der Waals surface area contributed by atoms with Gasteiger partial charge in [0.25, 0.3) is 5.66 Å². The first-order chi connectivity index (χ1) is 5.54. The monoisotopic (exact) mass is 188 g/mol. The molecule has 0 aliphatic rings. The molecule has 0 amide bonds. The molecule has 66 valence electrons. The molecule has 0 fully saturated rings. The Labute approximate surface area is 73.2 Å². The van der Waals surface area contributed by atoms with Gasteiger partial charge in [-0.15, -0.1) is 0 Å². The van der Waals surface area contributed by atoms with Crippen molar-refractivity contribution in [3.8, 4) is 0 Å². The number of aryl methyl sites for hydroxylation is 1. The van der Waals surface area contributed by atoms with Crippen LogP contribution in [0.4, 0.5) is 8.78 Å². The van der Waals surface area contributed by atoms with Crippen molar-refractivity contribution in [1.82, 2.24) is 0 Å². The Hall–Kier alpha value is -0.490. The summed E-state index contributed by atoms with van der Waals surface area (Å²) < 4.78 is 25.5. The van der Waals surface area contributed by atoms with Crippen molar-refractivity contribution in [3.05, 3.63) is 35.4 Å². The lowest BCUT2D eigenvalue weighted by atomic mass is 10.1. The van der Waals surface area contributed by atoms with Gasteiger partial charge >= 0.3 is 0 Å². The minimum atomic E-state index is -2.80. The molecule has 0 aliphatic carbocycles. The summed E-state index contributed by atoms with van der Waals surface area (Å²) in [6, 6.07) is 6.48. The highest BCUT2D eigenvalue weighted by atomic mass is 31.0. The van der Waals surface area contributed by atoms with Gasteiger partial charge < -0.3 is 0 Å². The Morgan fingerprint density at radius 1 is 1.42 bits per heavy atom. The molecular weight excluding hydrogens is 177 g/mol. The third kappa shape index (κ3) is 2.25. The lowest BCUT2D eigenvalue weighted by molar-refractivity contribution is 0.104. The topological polar surface area (TPSA) is 0 Å². The van der Waals surface area contributed by atoms with Gasteiger partial charge in [-0.05, 0) is 18.1 Å². The van der Waals surface area contributed by atoms with E-state index >= 15 is 0 Å². The lowest BCUT2D eigenvalue weighted by Crippen LogP contribution is -2.02. The maximum absolute atomic E-state index is 12.7. The van der Waals surface area contributed by atoms with Crippen molar-refractivity contribution in [3.63, 3.8) is 0 Å². The minimum Gasteiger partial charge on any atom is -0.197 e. The van der Waals surface area contributed by atoms with Crippen molar-refractivity contribution >= 4 is 9.24 Å². The van der Waals surface area contributed by atoms with Crippen molar-refractivity contribution in [2.75, 3.05) is 0 Å². The molecule has 0 saturated heterocycles. The second-order valence-electron chi connectivity index (χ2n) is 2.68. The van der Waals surface area contributed by atoms with Crippen LogP contribution in [0.15, 0.2) is 24.3 Å². The summed E-state index contributed by atoms with van der Waals surface area (Å²) >= 11 is 0. The molecule has 0 N–H and O–H groups in total. The predicted molar refractivity (Wildman–Crippen MR) is 49.4 cm³/mol. The van der Waals surface area contributed by atoms with Crippen LogP contribution in [0.2, 0.25) is 0 Å². The van der Waals surface area contributed by atoms with Crippen LogP contribution in [-0.2, 0) is 12.1 Å². The van der Waals surface area contributed by atoms with Gasteiger partial charge in [-0.3, -0.25) is 0 Å². The molecule has 0 nitrogen and oxygen atoms in total. The molecule has 1 atom stereocenters. The Bertz CT molecular complexity index is 265. The highest BCUT2D eigenvalue weighted by molar-refractivity contribution is 7.17. The van der Waals surface area contributed by atoms with E-state index in [1.165, 1.54) is 21.4 Å². The van der Waals surface area contributed by atoms with E-state index in [0.717, 1.165) is 12.0 Å². The van der Waals surface area contributed by atoms with Crippen molar-refractivity contribution in [2.24, 2.45) is 0 Å². The fourth-order valence-electron chi connectivity index (χ4n) is 0.999. The standard InChI is InChI=1S/C9H11F2P/c1-2-7-4-3-5-8(6-7)9(10,11)12/h3-6H,2,12H2,1H3. The van der Waals surface area contributed by atoms with Gasteiger partial charge in [-0.1, -0.05) is 34.4 Å². The smallest absolute Gasteiger partial charge is 0.197 e. The van der Waals surface area contributed by atoms with Crippen LogP contribution in [0.1, 0.15) is 18.1 Å². The molecule has 1 aromatic rings. The van der Waals surface area contributed by atoms with Crippen LogP contribution in [0.25, 0.3) is 0 Å². The van der Waals surface area contributed by atoms with Gasteiger partial charge in [-0.2, -0.15) is 8.78 Å². The molecule has 0 heterocycles. The van der Waals surface area contributed by atoms with E-state index in [9.17, 15) is 8.78 Å². The lowest BCUT2D eigenvalue weighted by Gasteiger charge is -2.10. The van der Waals surface area contributed by atoms with Crippen LogP contribution in [0.5, 0.6) is 0 Å². The molecule has 1 rings (SSSR count). The summed E-state index contributed by atoms with van der Waals surface area (Å²) in [6.07, 6.45) is 0.786. The quantitative estimate of drug-likeness (QED) is 0.625. The van der Waals surface area contributed by atoms with E-state index in [0.29, 0.717) is 0 Å². The average Bonchev–Trinajstić information content (AvgIpc) is 2.03. The van der Waals surface area contributed by atoms with Crippen LogP contribution < -0.4 is 0 Å². The second kappa shape index (κ2) is 3.49. The molecule has 0 radical (unpaired) electrons. The highest BCUT2D eigenvalue weighted by Crippen LogP contribution is 2.34. The van der Waals surface area contributed by atoms with E-state index in [-0.39, 0.29) is 5.56 Å². The van der Waals surface area contributed by atoms with Gasteiger partial charge in [-0.25, -0.2) is 0 Å². The van der Waals surface area contributed by atoms with Crippen LogP contribution >= 0.6 is 9.24 Å². The number of alkyl halides is 2. The summed E-state index contributed by atoms with van der Waals surface area (Å²) in [6.45, 7) is 1.94. The second-order valence-corrected chi connectivity index (χ2v) is 3.40. The molecule has 0 aliphatic heterocycles. The van der Waals surface area contributed by atoms with Crippen molar-refractivity contribution < 1.29 is 8.78 Å². The molecule has 3 heteroatoms. The van der Waals surface area contributed by atoms with Gasteiger partial charge in [0, 0.05) is 5.56 Å². The molecule has 12 heavy (non-hydrogen) atoms. The van der Waals surface area contributed by atoms with Crippen LogP contribution in [-0.4, -0.2) is 0 Å². The first-order valence-electron chi connectivity index (χ1n) is 3.80. The average molecular weight is 188 g/mol. The number of rotatable bonds is 2. The zero-order chi connectivity index (χ0) is 9.19. The van der Waals surface area contributed by atoms with E-state index in [4.69, 9.17) is 0 Å². The zero-order valence-corrected chi connectivity index (χ0v) is 8.00. The summed E-state index contributed by atoms with van der Waals surface area (Å²) in [4.78, 5) is 0. The maximum atomic E-state index is 12.7. The normalized spacial score (nSPS) is 11.7. The molecule has 0 bridgehead atoms. The molecule has 0 aromatic heterocycles. The third-order valence-electron chi connectivity index (χ3n) is 1.72. The van der Waals surface area contributed by atoms with Crippen LogP contribution in [0, 0.1) is 0 Å². The zero-order valence-electron chi connectivity index (χ0n) is 6.85. The summed E-state index contributed by atoms with van der Waals surface area (Å²) in [5, 5.41) is 0. The maximum Gasteiger partial charge on any atom is 0.283 e. The Kier molecular flexibility index (Phi) is 2.79. The summed E-state index contributed by atoms with van der Waals surface area (Å²) in [7, 11) is 1.54. The Morgan fingerprint density at radius 2 is 2.08 bits per heavy atom. The molecule has 0 spiro atoms. The Balaban J connectivity index is 3.02. The SMILES string of the molecule is CCc1cccc(C(F)(F)P)c1. The summed E-state index contributed by atoms with van der Waals surface area (Å²) in [5.41, 5.74) is -1.80. The molecule has 1 aromatic carbocycles. The van der Waals surface area contributed by atoms with Crippen molar-refractivity contribution in [2.45, 2.75) is 19.0 Å². The van der Waals surface area contributed by atoms with Crippen LogP contribution in [0.3, 0.4) is 0 Å². The first-order valence-corrected chi connectivity index (χ1v) is 4.38. The number of benzene rings is 1. The third-order valence-corrected chi connectivity index (χ3v) is 2.05. The van der Waals surface area contributed by atoms with Gasteiger partial charge in [0.1, 0.15) is 0 Å². The summed E-state index contributed by atoms with van der Waals surface area (Å²) in [5.74, 6) is 0. The number of hydrogen-bond acceptors (Lipinski definition) is 0.